The minimum Gasteiger partial charge on any atom is -0.617 e. The number of aryl methyl sites for hydroxylation is 1. The van der Waals surface area contributed by atoms with Crippen LogP contribution in [0.25, 0.3) is 11.3 Å². The van der Waals surface area contributed by atoms with Gasteiger partial charge >= 0.3 is 0 Å². The molecule has 1 aromatic heterocycles. The van der Waals surface area contributed by atoms with Gasteiger partial charge in [-0.2, -0.15) is 0 Å². The van der Waals surface area contributed by atoms with Crippen LogP contribution in [-0.2, 0) is 17.6 Å². The first-order valence-electron chi connectivity index (χ1n) is 5.89. The van der Waals surface area contributed by atoms with Gasteiger partial charge in [-0.15, -0.1) is 0 Å². The fraction of sp³-hybridized carbons (Fsp3) is 0.267. The fourth-order valence-electron chi connectivity index (χ4n) is 1.46. The average Bonchev–Trinajstić information content (AvgIpc) is 2.39. The molecule has 0 spiro atoms. The predicted molar refractivity (Wildman–Crippen MR) is 79.0 cm³/mol. The molecule has 1 aromatic carbocycles. The highest BCUT2D eigenvalue weighted by Gasteiger charge is 1.97. The van der Waals surface area contributed by atoms with Crippen LogP contribution >= 0.6 is 0 Å². The molecule has 0 radical (unpaired) electrons. The van der Waals surface area contributed by atoms with Crippen LogP contribution in [0.4, 0.5) is 0 Å². The van der Waals surface area contributed by atoms with Gasteiger partial charge in [0, 0.05) is 11.8 Å². The van der Waals surface area contributed by atoms with Crippen molar-refractivity contribution >= 4 is 11.2 Å². The molecule has 2 aromatic rings. The predicted octanol–water partition coefficient (Wildman–Crippen LogP) is 3.31. The van der Waals surface area contributed by atoms with Gasteiger partial charge in [-0.25, -0.2) is 0 Å². The van der Waals surface area contributed by atoms with Crippen molar-refractivity contribution in [3.63, 3.8) is 0 Å². The van der Waals surface area contributed by atoms with Crippen LogP contribution in [-0.4, -0.2) is 22.0 Å². The van der Waals surface area contributed by atoms with Gasteiger partial charge < -0.3 is 4.55 Å². The molecular formula is C15H19NOS. The van der Waals surface area contributed by atoms with Crippen molar-refractivity contribution in [2.75, 3.05) is 12.5 Å². The summed E-state index contributed by atoms with van der Waals surface area (Å²) in [5.74, 6) is 0. The van der Waals surface area contributed by atoms with Gasteiger partial charge in [-0.05, 0) is 24.1 Å². The molecule has 2 rings (SSSR count). The van der Waals surface area contributed by atoms with Crippen LogP contribution in [0.5, 0.6) is 0 Å². The van der Waals surface area contributed by atoms with E-state index in [2.05, 4.69) is 36.2 Å². The van der Waals surface area contributed by atoms with E-state index >= 15 is 0 Å². The second-order valence-electron chi connectivity index (χ2n) is 4.01. The molecule has 0 aliphatic heterocycles. The van der Waals surface area contributed by atoms with E-state index in [0.717, 1.165) is 12.1 Å². The Bertz CT molecular complexity index is 454. The van der Waals surface area contributed by atoms with E-state index in [0.29, 0.717) is 0 Å². The molecule has 0 bridgehead atoms. The average molecular weight is 261 g/mol. The molecule has 0 fully saturated rings. The largest absolute Gasteiger partial charge is 0.617 e. The second-order valence-corrected chi connectivity index (χ2v) is 5.49. The first kappa shape index (κ1) is 14.7. The summed E-state index contributed by atoms with van der Waals surface area (Å²) in [6.45, 7) is 2.16. The molecule has 18 heavy (non-hydrogen) atoms. The number of aromatic nitrogens is 1. The van der Waals surface area contributed by atoms with E-state index in [-0.39, 0.29) is 0 Å². The van der Waals surface area contributed by atoms with Crippen LogP contribution < -0.4 is 0 Å². The van der Waals surface area contributed by atoms with E-state index < -0.39 is 11.2 Å². The molecule has 0 N–H and O–H groups in total. The van der Waals surface area contributed by atoms with Crippen LogP contribution in [0.3, 0.4) is 0 Å². The zero-order valence-corrected chi connectivity index (χ0v) is 11.9. The van der Waals surface area contributed by atoms with Crippen molar-refractivity contribution in [1.82, 2.24) is 4.98 Å². The minimum atomic E-state index is -0.611. The number of hydrogen-bond donors (Lipinski definition) is 0. The normalized spacial score (nSPS) is 9.83. The smallest absolute Gasteiger partial charge is 0.0946 e. The highest BCUT2D eigenvalue weighted by Crippen LogP contribution is 2.17. The molecule has 0 aliphatic rings. The summed E-state index contributed by atoms with van der Waals surface area (Å²) in [6, 6.07) is 14.5. The molecule has 0 atom stereocenters. The highest BCUT2D eigenvalue weighted by molar-refractivity contribution is 7.89. The zero-order chi connectivity index (χ0) is 13.4. The van der Waals surface area contributed by atoms with E-state index in [1.807, 2.05) is 24.4 Å². The summed E-state index contributed by atoms with van der Waals surface area (Å²) in [5, 5.41) is 0. The van der Waals surface area contributed by atoms with E-state index in [4.69, 9.17) is 0 Å². The third kappa shape index (κ3) is 5.34. The Hall–Kier alpha value is -1.32. The van der Waals surface area contributed by atoms with Gasteiger partial charge in [0.1, 0.15) is 0 Å². The molecule has 0 unspecified atom stereocenters. The Kier molecular flexibility index (Phi) is 6.47. The number of nitrogens with zero attached hydrogens (tertiary/aromatic N) is 1. The van der Waals surface area contributed by atoms with Crippen molar-refractivity contribution in [2.24, 2.45) is 0 Å². The molecule has 1 heterocycles. The quantitative estimate of drug-likeness (QED) is 0.778. The lowest BCUT2D eigenvalue weighted by molar-refractivity contribution is 0.606. The second kappa shape index (κ2) is 7.90. The number of hydrogen-bond acceptors (Lipinski definition) is 2. The number of pyridine rings is 1. The Morgan fingerprint density at radius 1 is 1.11 bits per heavy atom. The number of benzene rings is 1. The van der Waals surface area contributed by atoms with Crippen molar-refractivity contribution in [1.29, 1.82) is 0 Å². The summed E-state index contributed by atoms with van der Waals surface area (Å²) in [7, 11) is 0. The SMILES string of the molecule is CCc1ccnc(-c2ccccc2)c1.C[S+](C)[O-]. The lowest BCUT2D eigenvalue weighted by Crippen LogP contribution is -1.86. The van der Waals surface area contributed by atoms with Crippen LogP contribution in [0.15, 0.2) is 48.7 Å². The maximum absolute atomic E-state index is 9.56. The molecule has 3 heteroatoms. The van der Waals surface area contributed by atoms with Crippen molar-refractivity contribution in [3.05, 3.63) is 54.2 Å². The standard InChI is InChI=1S/C13H13N.C2H6OS/c1-2-11-8-9-14-13(10-11)12-6-4-3-5-7-12;1-4(2)3/h3-10H,2H2,1H3;1-2H3. The summed E-state index contributed by atoms with van der Waals surface area (Å²) in [6.07, 6.45) is 6.21. The molecule has 96 valence electrons. The topological polar surface area (TPSA) is 36.0 Å². The van der Waals surface area contributed by atoms with E-state index in [9.17, 15) is 4.55 Å². The van der Waals surface area contributed by atoms with Gasteiger partial charge in [0.15, 0.2) is 0 Å². The molecular weight excluding hydrogens is 242 g/mol. The summed E-state index contributed by atoms with van der Waals surface area (Å²) in [4.78, 5) is 4.36. The first-order valence-corrected chi connectivity index (χ1v) is 7.85. The maximum Gasteiger partial charge on any atom is 0.0946 e. The van der Waals surface area contributed by atoms with Crippen molar-refractivity contribution < 1.29 is 4.55 Å². The van der Waals surface area contributed by atoms with Gasteiger partial charge in [0.2, 0.25) is 0 Å². The Morgan fingerprint density at radius 2 is 1.72 bits per heavy atom. The van der Waals surface area contributed by atoms with Crippen LogP contribution in [0, 0.1) is 0 Å². The zero-order valence-electron chi connectivity index (χ0n) is 11.1. The highest BCUT2D eigenvalue weighted by atomic mass is 32.2. The Balaban J connectivity index is 0.000000357. The Labute approximate surface area is 112 Å². The summed E-state index contributed by atoms with van der Waals surface area (Å²) >= 11 is -0.611. The van der Waals surface area contributed by atoms with Crippen molar-refractivity contribution in [2.45, 2.75) is 13.3 Å². The van der Waals surface area contributed by atoms with Gasteiger partial charge in [-0.1, -0.05) is 48.4 Å². The third-order valence-electron chi connectivity index (χ3n) is 2.30. The third-order valence-corrected chi connectivity index (χ3v) is 2.30. The number of rotatable bonds is 2. The van der Waals surface area contributed by atoms with Gasteiger partial charge in [0.25, 0.3) is 0 Å². The van der Waals surface area contributed by atoms with Crippen molar-refractivity contribution in [3.8, 4) is 11.3 Å². The van der Waals surface area contributed by atoms with Gasteiger partial charge in [0.05, 0.1) is 18.2 Å². The lowest BCUT2D eigenvalue weighted by Gasteiger charge is -2.02. The van der Waals surface area contributed by atoms with E-state index in [1.165, 1.54) is 11.1 Å². The summed E-state index contributed by atoms with van der Waals surface area (Å²) in [5.41, 5.74) is 3.58. The minimum absolute atomic E-state index is 0.611. The molecule has 0 saturated carbocycles. The molecule has 0 aliphatic carbocycles. The molecule has 0 saturated heterocycles. The fourth-order valence-corrected chi connectivity index (χ4v) is 1.46. The summed E-state index contributed by atoms with van der Waals surface area (Å²) < 4.78 is 9.56. The van der Waals surface area contributed by atoms with E-state index in [1.54, 1.807) is 12.5 Å². The molecule has 2 nitrogen and oxygen atoms in total. The molecule has 0 amide bonds. The van der Waals surface area contributed by atoms with Crippen LogP contribution in [0.2, 0.25) is 0 Å². The maximum atomic E-state index is 9.56. The Morgan fingerprint density at radius 3 is 2.28 bits per heavy atom. The lowest BCUT2D eigenvalue weighted by atomic mass is 10.1. The monoisotopic (exact) mass is 261 g/mol. The van der Waals surface area contributed by atoms with Crippen LogP contribution in [0.1, 0.15) is 12.5 Å². The first-order chi connectivity index (χ1) is 8.63. The van der Waals surface area contributed by atoms with Gasteiger partial charge in [-0.3, -0.25) is 4.98 Å².